The summed E-state index contributed by atoms with van der Waals surface area (Å²) < 4.78 is 1.21. The number of thiazole rings is 1. The minimum atomic E-state index is -0.350. The van der Waals surface area contributed by atoms with Crippen molar-refractivity contribution in [1.29, 1.82) is 0 Å². The van der Waals surface area contributed by atoms with E-state index < -0.39 is 0 Å². The summed E-state index contributed by atoms with van der Waals surface area (Å²) in [5.41, 5.74) is 1.05. The van der Waals surface area contributed by atoms with Crippen molar-refractivity contribution in [3.8, 4) is 0 Å². The molecule has 1 saturated heterocycles. The Kier molecular flexibility index (Phi) is 6.22. The second-order valence-electron chi connectivity index (χ2n) is 7.95. The Bertz CT molecular complexity index is 798. The highest BCUT2D eigenvalue weighted by Gasteiger charge is 2.26. The van der Waals surface area contributed by atoms with Crippen molar-refractivity contribution < 1.29 is 9.59 Å². The lowest BCUT2D eigenvalue weighted by atomic mass is 9.96. The monoisotopic (exact) mass is 400 g/mol. The number of nitrogens with one attached hydrogen (secondary N) is 2. The number of hydrogen-bond acceptors (Lipinski definition) is 5. The van der Waals surface area contributed by atoms with Gasteiger partial charge in [0.2, 0.25) is 5.91 Å². The van der Waals surface area contributed by atoms with E-state index in [4.69, 9.17) is 4.98 Å². The number of urea groups is 1. The van der Waals surface area contributed by atoms with Crippen molar-refractivity contribution in [2.75, 3.05) is 19.6 Å². The van der Waals surface area contributed by atoms with Gasteiger partial charge in [0.15, 0.2) is 0 Å². The number of nitrogens with zero attached hydrogens (tertiary/aromatic N) is 2. The third-order valence-corrected chi connectivity index (χ3v) is 6.92. The first-order valence-corrected chi connectivity index (χ1v) is 11.2. The quantitative estimate of drug-likeness (QED) is 0.822. The molecule has 150 valence electrons. The molecule has 1 aromatic carbocycles. The lowest BCUT2D eigenvalue weighted by molar-refractivity contribution is -0.121. The molecule has 0 radical (unpaired) electrons. The predicted molar refractivity (Wildman–Crippen MR) is 112 cm³/mol. The summed E-state index contributed by atoms with van der Waals surface area (Å²) in [5.74, 6) is 0.133. The van der Waals surface area contributed by atoms with Gasteiger partial charge < -0.3 is 5.32 Å². The molecule has 2 N–H and O–H groups in total. The number of carbonyl (C=O) groups is 2. The van der Waals surface area contributed by atoms with Crippen LogP contribution in [-0.4, -0.2) is 47.5 Å². The lowest BCUT2D eigenvalue weighted by Gasteiger charge is -2.31. The molecule has 1 aromatic heterocycles. The Morgan fingerprint density at radius 1 is 1.11 bits per heavy atom. The van der Waals surface area contributed by atoms with E-state index in [1.54, 1.807) is 11.3 Å². The van der Waals surface area contributed by atoms with Crippen molar-refractivity contribution in [1.82, 2.24) is 20.5 Å². The van der Waals surface area contributed by atoms with Gasteiger partial charge >= 0.3 is 6.03 Å². The first kappa shape index (κ1) is 19.3. The van der Waals surface area contributed by atoms with Crippen molar-refractivity contribution in [2.45, 2.75) is 56.9 Å². The van der Waals surface area contributed by atoms with Crippen LogP contribution in [0, 0.1) is 0 Å². The van der Waals surface area contributed by atoms with Crippen LogP contribution < -0.4 is 10.6 Å². The zero-order chi connectivity index (χ0) is 19.3. The summed E-state index contributed by atoms with van der Waals surface area (Å²) in [6.45, 7) is 1.97. The third kappa shape index (κ3) is 4.89. The first-order chi connectivity index (χ1) is 13.7. The van der Waals surface area contributed by atoms with Crippen molar-refractivity contribution in [3.05, 3.63) is 29.3 Å². The number of fused-ring (bicyclic) bond motifs is 1. The molecular formula is C21H28N4O2S. The van der Waals surface area contributed by atoms with E-state index in [1.807, 2.05) is 18.2 Å². The highest BCUT2D eigenvalue weighted by molar-refractivity contribution is 7.18. The van der Waals surface area contributed by atoms with Crippen LogP contribution >= 0.6 is 11.3 Å². The maximum atomic E-state index is 12.3. The molecule has 2 aliphatic rings. The van der Waals surface area contributed by atoms with E-state index in [0.29, 0.717) is 5.92 Å². The van der Waals surface area contributed by atoms with Crippen LogP contribution in [-0.2, 0) is 4.79 Å². The highest BCUT2D eigenvalue weighted by atomic mass is 32.1. The molecule has 3 amide bonds. The SMILES string of the molecule is O=C(CN1CCC[C@H](c2nc3ccccc3s2)C1)NC(=O)NC1CCCCC1. The van der Waals surface area contributed by atoms with Crippen LogP contribution in [0.5, 0.6) is 0 Å². The summed E-state index contributed by atoms with van der Waals surface area (Å²) in [5, 5.41) is 6.60. The summed E-state index contributed by atoms with van der Waals surface area (Å²) in [4.78, 5) is 31.3. The van der Waals surface area contributed by atoms with E-state index in [0.717, 1.165) is 62.1 Å². The topological polar surface area (TPSA) is 74.3 Å². The highest BCUT2D eigenvalue weighted by Crippen LogP contribution is 2.32. The van der Waals surface area contributed by atoms with Gasteiger partial charge in [-0.25, -0.2) is 9.78 Å². The number of para-hydroxylation sites is 1. The van der Waals surface area contributed by atoms with Gasteiger partial charge in [-0.05, 0) is 44.4 Å². The Hall–Kier alpha value is -1.99. The standard InChI is InChI=1S/C21H28N4O2S/c26-19(24-21(27)22-16-8-2-1-3-9-16)14-25-12-6-7-15(13-25)20-23-17-10-4-5-11-18(17)28-20/h4-5,10-11,15-16H,1-3,6-9,12-14H2,(H2,22,24,26,27)/t15-/m0/s1. The van der Waals surface area contributed by atoms with E-state index in [2.05, 4.69) is 21.6 Å². The molecule has 7 heteroatoms. The number of rotatable bonds is 4. The number of carbonyl (C=O) groups excluding carboxylic acids is 2. The first-order valence-electron chi connectivity index (χ1n) is 10.4. The van der Waals surface area contributed by atoms with Crippen LogP contribution in [0.3, 0.4) is 0 Å². The number of imide groups is 1. The van der Waals surface area contributed by atoms with Gasteiger partial charge in [-0.2, -0.15) is 0 Å². The zero-order valence-electron chi connectivity index (χ0n) is 16.2. The molecule has 0 unspecified atom stereocenters. The molecule has 6 nitrogen and oxygen atoms in total. The Morgan fingerprint density at radius 2 is 1.93 bits per heavy atom. The second kappa shape index (κ2) is 9.01. The third-order valence-electron chi connectivity index (χ3n) is 5.73. The molecule has 2 fully saturated rings. The van der Waals surface area contributed by atoms with Crippen molar-refractivity contribution in [2.24, 2.45) is 0 Å². The van der Waals surface area contributed by atoms with E-state index in [9.17, 15) is 9.59 Å². The predicted octanol–water partition coefficient (Wildman–Crippen LogP) is 3.63. The summed E-state index contributed by atoms with van der Waals surface area (Å²) in [6.07, 6.45) is 7.71. The van der Waals surface area contributed by atoms with Gasteiger partial charge in [-0.15, -0.1) is 11.3 Å². The second-order valence-corrected chi connectivity index (χ2v) is 9.01. The van der Waals surface area contributed by atoms with E-state index >= 15 is 0 Å². The summed E-state index contributed by atoms with van der Waals surface area (Å²) in [7, 11) is 0. The van der Waals surface area contributed by atoms with Gasteiger partial charge in [-0.3, -0.25) is 15.0 Å². The molecule has 2 heterocycles. The number of benzene rings is 1. The fourth-order valence-electron chi connectivity index (χ4n) is 4.30. The average molecular weight is 401 g/mol. The normalized spacial score (nSPS) is 21.5. The molecule has 4 rings (SSSR count). The molecule has 0 spiro atoms. The van der Waals surface area contributed by atoms with Crippen molar-refractivity contribution in [3.63, 3.8) is 0 Å². The molecule has 28 heavy (non-hydrogen) atoms. The van der Waals surface area contributed by atoms with Gasteiger partial charge in [0.25, 0.3) is 0 Å². The molecular weight excluding hydrogens is 372 g/mol. The van der Waals surface area contributed by atoms with Crippen molar-refractivity contribution >= 4 is 33.5 Å². The van der Waals surface area contributed by atoms with Crippen LogP contribution in [0.2, 0.25) is 0 Å². The van der Waals surface area contributed by atoms with Crippen LogP contribution in [0.15, 0.2) is 24.3 Å². The minimum absolute atomic E-state index is 0.208. The van der Waals surface area contributed by atoms with E-state index in [-0.39, 0.29) is 24.5 Å². The molecule has 2 aromatic rings. The molecule has 1 aliphatic heterocycles. The van der Waals surface area contributed by atoms with Gasteiger partial charge in [0, 0.05) is 18.5 Å². The molecule has 1 aliphatic carbocycles. The minimum Gasteiger partial charge on any atom is -0.335 e. The van der Waals surface area contributed by atoms with Crippen LogP contribution in [0.1, 0.15) is 55.9 Å². The number of piperidine rings is 1. The average Bonchev–Trinajstić information content (AvgIpc) is 3.13. The number of aromatic nitrogens is 1. The Balaban J connectivity index is 1.28. The van der Waals surface area contributed by atoms with Gasteiger partial charge in [0.1, 0.15) is 0 Å². The largest absolute Gasteiger partial charge is 0.335 e. The molecule has 0 bridgehead atoms. The van der Waals surface area contributed by atoms with Crippen LogP contribution in [0.25, 0.3) is 10.2 Å². The number of likely N-dealkylation sites (tertiary alicyclic amines) is 1. The maximum Gasteiger partial charge on any atom is 0.321 e. The van der Waals surface area contributed by atoms with E-state index in [1.165, 1.54) is 11.1 Å². The Morgan fingerprint density at radius 3 is 2.75 bits per heavy atom. The molecule has 1 atom stereocenters. The van der Waals surface area contributed by atoms with Gasteiger partial charge in [-0.1, -0.05) is 31.4 Å². The number of amides is 3. The van der Waals surface area contributed by atoms with Crippen LogP contribution in [0.4, 0.5) is 4.79 Å². The van der Waals surface area contributed by atoms with Gasteiger partial charge in [0.05, 0.1) is 21.8 Å². The lowest BCUT2D eigenvalue weighted by Crippen LogP contribution is -2.49. The maximum absolute atomic E-state index is 12.3. The Labute approximate surface area is 169 Å². The number of hydrogen-bond donors (Lipinski definition) is 2. The molecule has 1 saturated carbocycles. The zero-order valence-corrected chi connectivity index (χ0v) is 17.0. The summed E-state index contributed by atoms with van der Waals surface area (Å²) in [6, 6.07) is 8.07. The fourth-order valence-corrected chi connectivity index (χ4v) is 5.40. The summed E-state index contributed by atoms with van der Waals surface area (Å²) >= 11 is 1.75. The fraction of sp³-hybridized carbons (Fsp3) is 0.571. The smallest absolute Gasteiger partial charge is 0.321 e.